The fourth-order valence-electron chi connectivity index (χ4n) is 1.12. The summed E-state index contributed by atoms with van der Waals surface area (Å²) in [6.07, 6.45) is 2.03. The number of hydrogen-bond acceptors (Lipinski definition) is 4. The highest BCUT2D eigenvalue weighted by molar-refractivity contribution is 8.76. The highest BCUT2D eigenvalue weighted by Crippen LogP contribution is 2.17. The summed E-state index contributed by atoms with van der Waals surface area (Å²) in [7, 11) is 3.40. The lowest BCUT2D eigenvalue weighted by atomic mass is 10.2. The van der Waals surface area contributed by atoms with E-state index in [2.05, 4.69) is 24.5 Å². The molecule has 2 N–H and O–H groups in total. The van der Waals surface area contributed by atoms with Gasteiger partial charge < -0.3 is 10.6 Å². The van der Waals surface area contributed by atoms with E-state index in [0.717, 1.165) is 5.75 Å². The second kappa shape index (κ2) is 8.30. The van der Waals surface area contributed by atoms with Crippen molar-refractivity contribution in [1.82, 2.24) is 10.6 Å². The van der Waals surface area contributed by atoms with Gasteiger partial charge in [-0.1, -0.05) is 35.4 Å². The lowest BCUT2D eigenvalue weighted by Gasteiger charge is -2.21. The molecule has 0 spiro atoms. The number of amides is 1. The summed E-state index contributed by atoms with van der Waals surface area (Å²) in [5, 5.41) is 6.21. The van der Waals surface area contributed by atoms with Crippen LogP contribution >= 0.6 is 21.6 Å². The van der Waals surface area contributed by atoms with Gasteiger partial charge in [0.05, 0.1) is 6.04 Å². The largest absolute Gasteiger partial charge is 0.353 e. The van der Waals surface area contributed by atoms with E-state index in [1.54, 1.807) is 21.6 Å². The minimum atomic E-state index is -0.0927. The molecular weight excluding hydrogens is 228 g/mol. The molecule has 0 aliphatic rings. The lowest BCUT2D eigenvalue weighted by Crippen LogP contribution is -2.49. The van der Waals surface area contributed by atoms with Gasteiger partial charge in [0, 0.05) is 17.8 Å². The molecule has 0 rings (SSSR count). The van der Waals surface area contributed by atoms with Crippen LogP contribution in [0, 0.1) is 0 Å². The maximum Gasteiger partial charge on any atom is 0.238 e. The summed E-state index contributed by atoms with van der Waals surface area (Å²) < 4.78 is 0. The van der Waals surface area contributed by atoms with Crippen LogP contribution in [0.3, 0.4) is 0 Å². The Morgan fingerprint density at radius 2 is 1.80 bits per heavy atom. The number of nitrogens with one attached hydrogen (secondary N) is 2. The van der Waals surface area contributed by atoms with Crippen molar-refractivity contribution >= 4 is 27.5 Å². The SMILES string of the molecule is CSSCC(NC(C)C)C(=O)NC(C)C. The first-order valence-electron chi connectivity index (χ1n) is 5.19. The highest BCUT2D eigenvalue weighted by Gasteiger charge is 2.19. The van der Waals surface area contributed by atoms with E-state index in [1.807, 2.05) is 20.1 Å². The van der Waals surface area contributed by atoms with E-state index in [0.29, 0.717) is 6.04 Å². The Balaban J connectivity index is 4.14. The molecule has 0 aliphatic carbocycles. The predicted octanol–water partition coefficient (Wildman–Crippen LogP) is 1.89. The zero-order valence-corrected chi connectivity index (χ0v) is 11.8. The van der Waals surface area contributed by atoms with Crippen LogP contribution in [0.5, 0.6) is 0 Å². The Bertz CT molecular complexity index is 186. The summed E-state index contributed by atoms with van der Waals surface area (Å²) >= 11 is 0. The lowest BCUT2D eigenvalue weighted by molar-refractivity contribution is -0.123. The summed E-state index contributed by atoms with van der Waals surface area (Å²) in [5.74, 6) is 0.901. The average molecular weight is 250 g/mol. The molecule has 0 saturated carbocycles. The Kier molecular flexibility index (Phi) is 8.37. The predicted molar refractivity (Wildman–Crippen MR) is 71.3 cm³/mol. The minimum absolute atomic E-state index is 0.0927. The molecule has 0 heterocycles. The van der Waals surface area contributed by atoms with Gasteiger partial charge in [-0.15, -0.1) is 0 Å². The van der Waals surface area contributed by atoms with Crippen molar-refractivity contribution in [3.05, 3.63) is 0 Å². The molecule has 1 unspecified atom stereocenters. The average Bonchev–Trinajstić information content (AvgIpc) is 2.10. The van der Waals surface area contributed by atoms with Crippen molar-refractivity contribution in [3.8, 4) is 0 Å². The molecule has 1 atom stereocenters. The van der Waals surface area contributed by atoms with Crippen LogP contribution in [-0.4, -0.2) is 36.0 Å². The Hall–Kier alpha value is 0.130. The molecule has 0 bridgehead atoms. The van der Waals surface area contributed by atoms with E-state index in [9.17, 15) is 4.79 Å². The molecule has 90 valence electrons. The van der Waals surface area contributed by atoms with E-state index in [4.69, 9.17) is 0 Å². The fraction of sp³-hybridized carbons (Fsp3) is 0.900. The molecule has 0 saturated heterocycles. The van der Waals surface area contributed by atoms with Crippen molar-refractivity contribution in [3.63, 3.8) is 0 Å². The van der Waals surface area contributed by atoms with Gasteiger partial charge in [0.2, 0.25) is 5.91 Å². The van der Waals surface area contributed by atoms with E-state index in [1.165, 1.54) is 0 Å². The topological polar surface area (TPSA) is 41.1 Å². The summed E-state index contributed by atoms with van der Waals surface area (Å²) in [6, 6.07) is 0.438. The fourth-order valence-corrected chi connectivity index (χ4v) is 2.46. The van der Waals surface area contributed by atoms with Crippen LogP contribution in [-0.2, 0) is 4.79 Å². The highest BCUT2D eigenvalue weighted by atomic mass is 33.1. The first-order valence-corrected chi connectivity index (χ1v) is 7.92. The second-order valence-corrected chi connectivity index (χ2v) is 6.60. The van der Waals surface area contributed by atoms with Gasteiger partial charge in [0.25, 0.3) is 0 Å². The maximum absolute atomic E-state index is 11.8. The molecule has 0 aliphatic heterocycles. The van der Waals surface area contributed by atoms with E-state index >= 15 is 0 Å². The van der Waals surface area contributed by atoms with Gasteiger partial charge in [0.15, 0.2) is 0 Å². The summed E-state index contributed by atoms with van der Waals surface area (Å²) in [4.78, 5) is 11.8. The zero-order valence-electron chi connectivity index (χ0n) is 10.2. The van der Waals surface area contributed by atoms with Crippen molar-refractivity contribution in [2.75, 3.05) is 12.0 Å². The molecule has 0 aromatic carbocycles. The minimum Gasteiger partial charge on any atom is -0.353 e. The third-order valence-electron chi connectivity index (χ3n) is 1.63. The quantitative estimate of drug-likeness (QED) is 0.677. The van der Waals surface area contributed by atoms with Crippen LogP contribution in [0.15, 0.2) is 0 Å². The van der Waals surface area contributed by atoms with Crippen molar-refractivity contribution < 1.29 is 4.79 Å². The van der Waals surface area contributed by atoms with Crippen LogP contribution in [0.2, 0.25) is 0 Å². The molecule has 0 aromatic rings. The van der Waals surface area contributed by atoms with E-state index < -0.39 is 0 Å². The van der Waals surface area contributed by atoms with Crippen LogP contribution < -0.4 is 10.6 Å². The third kappa shape index (κ3) is 7.99. The molecular formula is C10H22N2OS2. The van der Waals surface area contributed by atoms with Crippen LogP contribution in [0.1, 0.15) is 27.7 Å². The molecule has 0 aromatic heterocycles. The Morgan fingerprint density at radius 1 is 1.20 bits per heavy atom. The van der Waals surface area contributed by atoms with Crippen molar-refractivity contribution in [2.24, 2.45) is 0 Å². The molecule has 1 amide bonds. The molecule has 5 heteroatoms. The number of rotatable bonds is 7. The van der Waals surface area contributed by atoms with Gasteiger partial charge in [0.1, 0.15) is 0 Å². The smallest absolute Gasteiger partial charge is 0.238 e. The van der Waals surface area contributed by atoms with Gasteiger partial charge >= 0.3 is 0 Å². The number of carbonyl (C=O) groups is 1. The standard InChI is InChI=1S/C10H22N2OS2/c1-7(2)11-9(6-15-14-5)10(13)12-8(3)4/h7-9,11H,6H2,1-5H3,(H,12,13). The van der Waals surface area contributed by atoms with E-state index in [-0.39, 0.29) is 18.0 Å². The second-order valence-electron chi connectivity index (χ2n) is 3.99. The van der Waals surface area contributed by atoms with Crippen LogP contribution in [0.4, 0.5) is 0 Å². The molecule has 3 nitrogen and oxygen atoms in total. The summed E-state index contributed by atoms with van der Waals surface area (Å²) in [5.41, 5.74) is 0. The Morgan fingerprint density at radius 3 is 2.20 bits per heavy atom. The normalized spacial score (nSPS) is 13.3. The summed E-state index contributed by atoms with van der Waals surface area (Å²) in [6.45, 7) is 8.07. The first-order chi connectivity index (χ1) is 6.97. The van der Waals surface area contributed by atoms with Gasteiger partial charge in [-0.05, 0) is 20.1 Å². The van der Waals surface area contributed by atoms with Gasteiger partial charge in [-0.25, -0.2) is 0 Å². The molecule has 0 fully saturated rings. The Labute approximate surface area is 101 Å². The third-order valence-corrected chi connectivity index (χ3v) is 3.45. The zero-order chi connectivity index (χ0) is 11.8. The van der Waals surface area contributed by atoms with Crippen molar-refractivity contribution in [2.45, 2.75) is 45.8 Å². The maximum atomic E-state index is 11.8. The monoisotopic (exact) mass is 250 g/mol. The first kappa shape index (κ1) is 15.1. The molecule has 15 heavy (non-hydrogen) atoms. The van der Waals surface area contributed by atoms with Gasteiger partial charge in [-0.3, -0.25) is 4.79 Å². The number of carbonyl (C=O) groups excluding carboxylic acids is 1. The van der Waals surface area contributed by atoms with Crippen LogP contribution in [0.25, 0.3) is 0 Å². The molecule has 0 radical (unpaired) electrons. The van der Waals surface area contributed by atoms with Crippen molar-refractivity contribution in [1.29, 1.82) is 0 Å². The van der Waals surface area contributed by atoms with Gasteiger partial charge in [-0.2, -0.15) is 0 Å². The number of hydrogen-bond donors (Lipinski definition) is 2.